The van der Waals surface area contributed by atoms with E-state index >= 15 is 0 Å². The highest BCUT2D eigenvalue weighted by Crippen LogP contribution is 2.27. The number of carboxylic acid groups (broad SMARTS) is 1. The van der Waals surface area contributed by atoms with Crippen LogP contribution in [0.15, 0.2) is 73.1 Å². The lowest BCUT2D eigenvalue weighted by Crippen LogP contribution is -2.43. The highest BCUT2D eigenvalue weighted by atomic mass is 16.5. The number of urea groups is 1. The number of fused-ring (bicyclic) bond motifs is 1. The third-order valence-electron chi connectivity index (χ3n) is 6.11. The van der Waals surface area contributed by atoms with Gasteiger partial charge in [0, 0.05) is 31.7 Å². The van der Waals surface area contributed by atoms with E-state index < -0.39 is 23.8 Å². The van der Waals surface area contributed by atoms with Crippen molar-refractivity contribution in [2.45, 2.75) is 19.0 Å². The average Bonchev–Trinajstić information content (AvgIpc) is 3.07. The Hall–Kier alpha value is -4.93. The first kappa shape index (κ1) is 27.1. The second-order valence-electron chi connectivity index (χ2n) is 9.06. The molecule has 0 bridgehead atoms. The van der Waals surface area contributed by atoms with Crippen molar-refractivity contribution in [2.75, 3.05) is 32.1 Å². The second kappa shape index (κ2) is 12.5. The largest absolute Gasteiger partial charge is 0.491 e. The molecule has 1 aromatic heterocycles. The summed E-state index contributed by atoms with van der Waals surface area (Å²) in [5.74, 6) is -1.70. The van der Waals surface area contributed by atoms with Gasteiger partial charge in [-0.25, -0.2) is 4.79 Å². The van der Waals surface area contributed by atoms with Crippen LogP contribution < -0.4 is 15.4 Å². The van der Waals surface area contributed by atoms with Crippen LogP contribution in [-0.2, 0) is 16.1 Å². The van der Waals surface area contributed by atoms with E-state index in [-0.39, 0.29) is 37.7 Å². The Labute approximate surface area is 225 Å². The van der Waals surface area contributed by atoms with Crippen molar-refractivity contribution in [2.24, 2.45) is 0 Å². The number of rotatable bonds is 9. The first-order chi connectivity index (χ1) is 18.8. The number of pyridine rings is 1. The number of hydrogen-bond donors (Lipinski definition) is 3. The minimum absolute atomic E-state index is 0.152. The summed E-state index contributed by atoms with van der Waals surface area (Å²) >= 11 is 0. The molecule has 11 nitrogen and oxygen atoms in total. The van der Waals surface area contributed by atoms with Gasteiger partial charge in [0.05, 0.1) is 31.1 Å². The van der Waals surface area contributed by atoms with Gasteiger partial charge in [0.1, 0.15) is 12.4 Å². The number of carbonyl (C=O) groups is 4. The van der Waals surface area contributed by atoms with Gasteiger partial charge in [0.2, 0.25) is 5.91 Å². The lowest BCUT2D eigenvalue weighted by Gasteiger charge is -2.22. The number of ether oxygens (including phenoxy) is 1. The zero-order chi connectivity index (χ0) is 27.8. The zero-order valence-electron chi connectivity index (χ0n) is 21.4. The normalized spacial score (nSPS) is 13.4. The van der Waals surface area contributed by atoms with E-state index in [0.717, 1.165) is 5.56 Å². The molecule has 11 heteroatoms. The summed E-state index contributed by atoms with van der Waals surface area (Å²) in [6, 6.07) is 16.5. The maximum Gasteiger partial charge on any atom is 0.321 e. The van der Waals surface area contributed by atoms with E-state index in [2.05, 4.69) is 15.6 Å². The third kappa shape index (κ3) is 7.31. The molecule has 1 atom stereocenters. The zero-order valence-corrected chi connectivity index (χ0v) is 21.4. The van der Waals surface area contributed by atoms with Crippen LogP contribution >= 0.6 is 0 Å². The fraction of sp³-hybridized carbons (Fsp3) is 0.250. The van der Waals surface area contributed by atoms with Crippen molar-refractivity contribution in [1.29, 1.82) is 0 Å². The average molecular weight is 532 g/mol. The van der Waals surface area contributed by atoms with Gasteiger partial charge in [-0.1, -0.05) is 36.4 Å². The fourth-order valence-corrected chi connectivity index (χ4v) is 4.16. The Bertz CT molecular complexity index is 1330. The summed E-state index contributed by atoms with van der Waals surface area (Å²) in [7, 11) is 1.67. The molecular weight excluding hydrogens is 502 g/mol. The SMILES string of the molecule is CN(Cc1ccccc1)C(=O)Nc1ccc2c(c1)C(=O)N(CC(=O)N[C@H](CC(=O)O)c1cccnc1)CCO2. The molecule has 2 heterocycles. The van der Waals surface area contributed by atoms with Gasteiger partial charge in [-0.3, -0.25) is 19.4 Å². The van der Waals surface area contributed by atoms with Crippen LogP contribution in [0.1, 0.15) is 33.9 Å². The monoisotopic (exact) mass is 531 g/mol. The van der Waals surface area contributed by atoms with Crippen LogP contribution in [-0.4, -0.2) is 70.4 Å². The highest BCUT2D eigenvalue weighted by Gasteiger charge is 2.27. The standard InChI is InChI=1S/C28H29N5O6/c1-32(17-19-6-3-2-4-7-19)28(38)30-21-9-10-24-22(14-21)27(37)33(12-13-39-24)18-25(34)31-23(15-26(35)36)20-8-5-11-29-16-20/h2-11,14,16,23H,12-13,15,17-18H2,1H3,(H,30,38)(H,31,34)(H,35,36)/t23-/m1/s1. The smallest absolute Gasteiger partial charge is 0.321 e. The van der Waals surface area contributed by atoms with Gasteiger partial charge in [0.15, 0.2) is 0 Å². The highest BCUT2D eigenvalue weighted by molar-refractivity contribution is 6.01. The van der Waals surface area contributed by atoms with Gasteiger partial charge in [-0.2, -0.15) is 0 Å². The van der Waals surface area contributed by atoms with Gasteiger partial charge in [-0.15, -0.1) is 0 Å². The van der Waals surface area contributed by atoms with Crippen molar-refractivity contribution in [3.05, 3.63) is 89.7 Å². The van der Waals surface area contributed by atoms with Crippen molar-refractivity contribution >= 4 is 29.5 Å². The lowest BCUT2D eigenvalue weighted by atomic mass is 10.1. The third-order valence-corrected chi connectivity index (χ3v) is 6.11. The number of benzene rings is 2. The van der Waals surface area contributed by atoms with Crippen molar-refractivity contribution < 1.29 is 29.0 Å². The first-order valence-corrected chi connectivity index (χ1v) is 12.3. The van der Waals surface area contributed by atoms with E-state index in [4.69, 9.17) is 4.74 Å². The molecule has 39 heavy (non-hydrogen) atoms. The molecule has 0 unspecified atom stereocenters. The maximum absolute atomic E-state index is 13.4. The number of aromatic nitrogens is 1. The Kier molecular flexibility index (Phi) is 8.72. The molecule has 0 saturated carbocycles. The second-order valence-corrected chi connectivity index (χ2v) is 9.06. The number of hydrogen-bond acceptors (Lipinski definition) is 6. The lowest BCUT2D eigenvalue weighted by molar-refractivity contribution is -0.137. The molecule has 1 aliphatic heterocycles. The Morgan fingerprint density at radius 2 is 1.92 bits per heavy atom. The molecule has 3 N–H and O–H groups in total. The number of carbonyl (C=O) groups excluding carboxylic acids is 3. The summed E-state index contributed by atoms with van der Waals surface area (Å²) < 4.78 is 5.72. The number of nitrogens with one attached hydrogen (secondary N) is 2. The molecule has 202 valence electrons. The Morgan fingerprint density at radius 3 is 2.64 bits per heavy atom. The summed E-state index contributed by atoms with van der Waals surface area (Å²) in [6.07, 6.45) is 2.70. The minimum Gasteiger partial charge on any atom is -0.491 e. The van der Waals surface area contributed by atoms with Crippen molar-refractivity contribution in [1.82, 2.24) is 20.1 Å². The molecular formula is C28H29N5O6. The number of nitrogens with zero attached hydrogens (tertiary/aromatic N) is 3. The van der Waals surface area contributed by atoms with Crippen LogP contribution in [0.4, 0.5) is 10.5 Å². The van der Waals surface area contributed by atoms with Gasteiger partial charge < -0.3 is 30.3 Å². The van der Waals surface area contributed by atoms with Crippen LogP contribution in [0, 0.1) is 0 Å². The quantitative estimate of drug-likeness (QED) is 0.386. The maximum atomic E-state index is 13.4. The van der Waals surface area contributed by atoms with E-state index in [0.29, 0.717) is 23.5 Å². The Balaban J connectivity index is 1.42. The molecule has 4 rings (SSSR count). The Morgan fingerprint density at radius 1 is 1.13 bits per heavy atom. The molecule has 4 amide bonds. The van der Waals surface area contributed by atoms with Crippen LogP contribution in [0.25, 0.3) is 0 Å². The predicted octanol–water partition coefficient (Wildman–Crippen LogP) is 2.91. The molecule has 2 aromatic carbocycles. The summed E-state index contributed by atoms with van der Waals surface area (Å²) in [5, 5.41) is 14.8. The number of aliphatic carboxylic acids is 1. The first-order valence-electron chi connectivity index (χ1n) is 12.3. The van der Waals surface area contributed by atoms with Crippen LogP contribution in [0.3, 0.4) is 0 Å². The minimum atomic E-state index is -1.08. The van der Waals surface area contributed by atoms with Gasteiger partial charge in [-0.05, 0) is 35.4 Å². The van der Waals surface area contributed by atoms with Gasteiger partial charge >= 0.3 is 12.0 Å². The van der Waals surface area contributed by atoms with Crippen molar-refractivity contribution in [3.63, 3.8) is 0 Å². The fourth-order valence-electron chi connectivity index (χ4n) is 4.16. The molecule has 0 saturated heterocycles. The molecule has 0 spiro atoms. The van der Waals surface area contributed by atoms with Crippen LogP contribution in [0.5, 0.6) is 5.75 Å². The molecule has 1 aliphatic rings. The van der Waals surface area contributed by atoms with Gasteiger partial charge in [0.25, 0.3) is 5.91 Å². The van der Waals surface area contributed by atoms with Crippen molar-refractivity contribution in [3.8, 4) is 5.75 Å². The number of anilines is 1. The molecule has 0 fully saturated rings. The predicted molar refractivity (Wildman–Crippen MR) is 142 cm³/mol. The number of amides is 4. The van der Waals surface area contributed by atoms with Crippen LogP contribution in [0.2, 0.25) is 0 Å². The van der Waals surface area contributed by atoms with E-state index in [1.54, 1.807) is 37.5 Å². The molecule has 0 aliphatic carbocycles. The van der Waals surface area contributed by atoms with E-state index in [9.17, 15) is 24.3 Å². The molecule has 0 radical (unpaired) electrons. The topological polar surface area (TPSA) is 141 Å². The number of carboxylic acids is 1. The summed E-state index contributed by atoms with van der Waals surface area (Å²) in [4.78, 5) is 57.1. The molecule has 3 aromatic rings. The summed E-state index contributed by atoms with van der Waals surface area (Å²) in [6.45, 7) is 0.427. The van der Waals surface area contributed by atoms with E-state index in [1.165, 1.54) is 22.1 Å². The van der Waals surface area contributed by atoms with E-state index in [1.807, 2.05) is 30.3 Å². The summed E-state index contributed by atoms with van der Waals surface area (Å²) in [5.41, 5.74) is 2.13.